The molecule has 1 aliphatic carbocycles. The van der Waals surface area contributed by atoms with Gasteiger partial charge in [0.1, 0.15) is 5.72 Å². The van der Waals surface area contributed by atoms with Gasteiger partial charge in [0, 0.05) is 23.7 Å². The Kier molecular flexibility index (Phi) is 5.78. The highest BCUT2D eigenvalue weighted by Crippen LogP contribution is 2.33. The van der Waals surface area contributed by atoms with Gasteiger partial charge in [0.05, 0.1) is 30.2 Å². The quantitative estimate of drug-likeness (QED) is 0.293. The lowest BCUT2D eigenvalue weighted by Crippen LogP contribution is -2.43. The number of nitrogens with two attached hydrogens (primary N) is 1. The first-order valence-electron chi connectivity index (χ1n) is 11.8. The summed E-state index contributed by atoms with van der Waals surface area (Å²) in [5, 5.41) is 36.3. The Hall–Kier alpha value is -3.41. The van der Waals surface area contributed by atoms with Gasteiger partial charge < -0.3 is 21.3 Å². The third-order valence-electron chi connectivity index (χ3n) is 6.41. The van der Waals surface area contributed by atoms with Crippen LogP contribution in [0.2, 0.25) is 0 Å². The molecule has 4 aromatic rings. The topological polar surface area (TPSA) is 153 Å². The summed E-state index contributed by atoms with van der Waals surface area (Å²) < 4.78 is 3.42. The number of benzene rings is 1. The van der Waals surface area contributed by atoms with Gasteiger partial charge in [-0.05, 0) is 57.7 Å². The molecule has 3 atom stereocenters. The highest BCUT2D eigenvalue weighted by Gasteiger charge is 2.35. The Morgan fingerprint density at radius 1 is 1.09 bits per heavy atom. The zero-order chi connectivity index (χ0) is 24.8. The SMILES string of the molecule is CC(C)(O)Cn1cc(-c2ccc(-n3nnc4cnc(NC5CCC(C(C)(N)O)C5)nc43)cc2)cn1. The number of fused-ring (bicyclic) bond motifs is 1. The lowest BCUT2D eigenvalue weighted by atomic mass is 9.96. The van der Waals surface area contributed by atoms with E-state index in [1.165, 1.54) is 0 Å². The van der Waals surface area contributed by atoms with Crippen LogP contribution in [0, 0.1) is 5.92 Å². The molecular weight excluding hydrogens is 446 g/mol. The third kappa shape index (κ3) is 5.16. The van der Waals surface area contributed by atoms with E-state index in [1.54, 1.807) is 42.5 Å². The largest absolute Gasteiger partial charge is 0.389 e. The molecule has 0 radical (unpaired) electrons. The fourth-order valence-electron chi connectivity index (χ4n) is 4.59. The lowest BCUT2D eigenvalue weighted by Gasteiger charge is -2.25. The second-order valence-corrected chi connectivity index (χ2v) is 10.3. The summed E-state index contributed by atoms with van der Waals surface area (Å²) in [7, 11) is 0. The Labute approximate surface area is 203 Å². The number of rotatable bonds is 7. The number of anilines is 1. The second kappa shape index (κ2) is 8.67. The monoisotopic (exact) mass is 477 g/mol. The van der Waals surface area contributed by atoms with Crippen LogP contribution in [0.3, 0.4) is 0 Å². The van der Waals surface area contributed by atoms with E-state index in [9.17, 15) is 10.2 Å². The van der Waals surface area contributed by atoms with Gasteiger partial charge in [-0.15, -0.1) is 5.10 Å². The van der Waals surface area contributed by atoms with Crippen LogP contribution in [-0.4, -0.2) is 62.3 Å². The standard InChI is InChI=1S/C24H31N9O2/c1-23(2,34)14-32-13-16(11-27-32)15-4-8-19(9-5-15)33-21-20(30-31-33)12-26-22(29-21)28-18-7-6-17(10-18)24(3,25)35/h4-5,8-9,11-13,17-18,34-35H,6-7,10,14,25H2,1-3H3,(H,26,28,29). The van der Waals surface area contributed by atoms with Gasteiger partial charge in [0.25, 0.3) is 0 Å². The van der Waals surface area contributed by atoms with E-state index >= 15 is 0 Å². The minimum atomic E-state index is -1.18. The minimum Gasteiger partial charge on any atom is -0.389 e. The number of hydrogen-bond donors (Lipinski definition) is 4. The van der Waals surface area contributed by atoms with Gasteiger partial charge in [-0.2, -0.15) is 14.8 Å². The van der Waals surface area contributed by atoms with Crippen LogP contribution in [-0.2, 0) is 6.54 Å². The molecule has 184 valence electrons. The van der Waals surface area contributed by atoms with E-state index in [2.05, 4.69) is 30.7 Å². The number of nitrogens with one attached hydrogen (secondary N) is 1. The molecule has 0 spiro atoms. The normalized spacial score (nSPS) is 20.3. The Balaban J connectivity index is 1.34. The second-order valence-electron chi connectivity index (χ2n) is 10.3. The molecule has 11 heteroatoms. The van der Waals surface area contributed by atoms with E-state index < -0.39 is 11.3 Å². The van der Waals surface area contributed by atoms with Crippen LogP contribution >= 0.6 is 0 Å². The zero-order valence-corrected chi connectivity index (χ0v) is 20.1. The van der Waals surface area contributed by atoms with Gasteiger partial charge in [0.15, 0.2) is 11.2 Å². The van der Waals surface area contributed by atoms with Crippen LogP contribution < -0.4 is 11.1 Å². The summed E-state index contributed by atoms with van der Waals surface area (Å²) >= 11 is 0. The van der Waals surface area contributed by atoms with Gasteiger partial charge in [0.2, 0.25) is 5.95 Å². The maximum Gasteiger partial charge on any atom is 0.225 e. The maximum absolute atomic E-state index is 10.1. The van der Waals surface area contributed by atoms with E-state index in [1.807, 2.05) is 30.5 Å². The smallest absolute Gasteiger partial charge is 0.225 e. The van der Waals surface area contributed by atoms with Gasteiger partial charge >= 0.3 is 0 Å². The maximum atomic E-state index is 10.1. The van der Waals surface area contributed by atoms with Crippen molar-refractivity contribution < 1.29 is 10.2 Å². The van der Waals surface area contributed by atoms with Crippen molar-refractivity contribution in [2.45, 2.75) is 63.9 Å². The van der Waals surface area contributed by atoms with Crippen LogP contribution in [0.1, 0.15) is 40.0 Å². The molecule has 1 fully saturated rings. The lowest BCUT2D eigenvalue weighted by molar-refractivity contribution is 0.00742. The average molecular weight is 478 g/mol. The first-order valence-corrected chi connectivity index (χ1v) is 11.8. The molecule has 1 saturated carbocycles. The predicted octanol–water partition coefficient (Wildman–Crippen LogP) is 2.09. The summed E-state index contributed by atoms with van der Waals surface area (Å²) in [6, 6.07) is 8.04. The molecule has 0 bridgehead atoms. The average Bonchev–Trinajstić information content (AvgIpc) is 3.52. The van der Waals surface area contributed by atoms with Crippen molar-refractivity contribution in [1.29, 1.82) is 0 Å². The first kappa shape index (κ1) is 23.3. The molecule has 3 heterocycles. The summed E-state index contributed by atoms with van der Waals surface area (Å²) in [6.07, 6.45) is 7.87. The summed E-state index contributed by atoms with van der Waals surface area (Å²) in [5.74, 6) is 0.538. The predicted molar refractivity (Wildman–Crippen MR) is 132 cm³/mol. The third-order valence-corrected chi connectivity index (χ3v) is 6.41. The Morgan fingerprint density at radius 2 is 1.86 bits per heavy atom. The zero-order valence-electron chi connectivity index (χ0n) is 20.1. The van der Waals surface area contributed by atoms with Crippen LogP contribution in [0.15, 0.2) is 42.9 Å². The Bertz CT molecular complexity index is 1320. The van der Waals surface area contributed by atoms with E-state index in [0.29, 0.717) is 23.7 Å². The molecule has 1 aromatic carbocycles. The fraction of sp³-hybridized carbons (Fsp3) is 0.458. The molecule has 11 nitrogen and oxygen atoms in total. The van der Waals surface area contributed by atoms with Gasteiger partial charge in [-0.25, -0.2) is 4.98 Å². The number of aliphatic hydroxyl groups is 2. The summed E-state index contributed by atoms with van der Waals surface area (Å²) in [5.41, 5.74) is 7.86. The van der Waals surface area contributed by atoms with Crippen LogP contribution in [0.4, 0.5) is 5.95 Å². The summed E-state index contributed by atoms with van der Waals surface area (Å²) in [6.45, 7) is 5.58. The highest BCUT2D eigenvalue weighted by atomic mass is 16.3. The number of aromatic nitrogens is 7. The van der Waals surface area contributed by atoms with Crippen molar-refractivity contribution in [3.8, 4) is 16.8 Å². The van der Waals surface area contributed by atoms with E-state index in [4.69, 9.17) is 5.73 Å². The van der Waals surface area contributed by atoms with Gasteiger partial charge in [-0.1, -0.05) is 17.3 Å². The fourth-order valence-corrected chi connectivity index (χ4v) is 4.59. The van der Waals surface area contributed by atoms with E-state index in [0.717, 1.165) is 36.1 Å². The molecule has 3 aromatic heterocycles. The molecule has 0 amide bonds. The Morgan fingerprint density at radius 3 is 2.54 bits per heavy atom. The molecule has 3 unspecified atom stereocenters. The molecule has 0 aliphatic heterocycles. The van der Waals surface area contributed by atoms with Crippen molar-refractivity contribution in [3.63, 3.8) is 0 Å². The molecule has 1 aliphatic rings. The molecule has 35 heavy (non-hydrogen) atoms. The molecular formula is C24H31N9O2. The molecule has 5 N–H and O–H groups in total. The molecule has 0 saturated heterocycles. The van der Waals surface area contributed by atoms with Crippen molar-refractivity contribution >= 4 is 17.1 Å². The van der Waals surface area contributed by atoms with Crippen LogP contribution in [0.5, 0.6) is 0 Å². The van der Waals surface area contributed by atoms with Crippen molar-refractivity contribution in [3.05, 3.63) is 42.9 Å². The number of nitrogens with zero attached hydrogens (tertiary/aromatic N) is 7. The minimum absolute atomic E-state index is 0.0386. The van der Waals surface area contributed by atoms with Gasteiger partial charge in [-0.3, -0.25) is 4.68 Å². The highest BCUT2D eigenvalue weighted by molar-refractivity contribution is 5.72. The summed E-state index contributed by atoms with van der Waals surface area (Å²) in [4.78, 5) is 9.05. The van der Waals surface area contributed by atoms with Crippen molar-refractivity contribution in [2.75, 3.05) is 5.32 Å². The van der Waals surface area contributed by atoms with Crippen molar-refractivity contribution in [1.82, 2.24) is 34.7 Å². The number of hydrogen-bond acceptors (Lipinski definition) is 9. The van der Waals surface area contributed by atoms with E-state index in [-0.39, 0.29) is 12.0 Å². The molecule has 5 rings (SSSR count). The van der Waals surface area contributed by atoms with Crippen molar-refractivity contribution in [2.24, 2.45) is 11.7 Å². The van der Waals surface area contributed by atoms with Crippen LogP contribution in [0.25, 0.3) is 28.0 Å². The first-order chi connectivity index (χ1) is 16.5.